The van der Waals surface area contributed by atoms with Gasteiger partial charge in [-0.2, -0.15) is 0 Å². The minimum Gasteiger partial charge on any atom is -0.468 e. The van der Waals surface area contributed by atoms with Crippen molar-refractivity contribution in [2.45, 2.75) is 91.5 Å². The van der Waals surface area contributed by atoms with Crippen molar-refractivity contribution in [2.75, 3.05) is 26.9 Å². The molecule has 2 N–H and O–H groups in total. The van der Waals surface area contributed by atoms with E-state index in [9.17, 15) is 19.2 Å². The molecule has 2 atom stereocenters. The Balaban J connectivity index is 3.10. The Hall–Kier alpha value is -3.34. The molecule has 11 nitrogen and oxygen atoms in total. The van der Waals surface area contributed by atoms with Crippen LogP contribution in [-0.2, 0) is 35.0 Å². The summed E-state index contributed by atoms with van der Waals surface area (Å²) in [6.07, 6.45) is 3.07. The molecule has 0 aromatic heterocycles. The van der Waals surface area contributed by atoms with Gasteiger partial charge in [0.2, 0.25) is 0 Å². The third-order valence-electron chi connectivity index (χ3n) is 6.61. The second-order valence-corrected chi connectivity index (χ2v) is 10.4. The molecule has 0 radical (unpaired) electrons. The monoisotopic (exact) mass is 581 g/mol. The third kappa shape index (κ3) is 13.2. The molecular formula is C30H47NO10. The number of carbonyl (C=O) groups excluding carboxylic acids is 4. The van der Waals surface area contributed by atoms with Crippen molar-refractivity contribution in [3.05, 3.63) is 23.8 Å². The van der Waals surface area contributed by atoms with Gasteiger partial charge in [-0.05, 0) is 36.5 Å². The molecular weight excluding hydrogens is 534 g/mol. The minimum absolute atomic E-state index is 0.0196. The number of ether oxygens (including phenoxy) is 6. The maximum Gasteiger partial charge on any atom is 0.513 e. The zero-order valence-corrected chi connectivity index (χ0v) is 25.3. The quantitative estimate of drug-likeness (QED) is 0.0979. The molecule has 0 saturated carbocycles. The van der Waals surface area contributed by atoms with Gasteiger partial charge in [0, 0.05) is 12.8 Å². The molecule has 1 rings (SSSR count). The second kappa shape index (κ2) is 18.9. The molecule has 0 heterocycles. The Labute approximate surface area is 243 Å². The Bertz CT molecular complexity index is 980. The van der Waals surface area contributed by atoms with Crippen molar-refractivity contribution < 1.29 is 47.6 Å². The molecule has 0 aliphatic heterocycles. The molecule has 0 fully saturated rings. The van der Waals surface area contributed by atoms with Crippen LogP contribution in [0.15, 0.2) is 18.2 Å². The number of unbranched alkanes of at least 4 members (excludes halogenated alkanes) is 4. The van der Waals surface area contributed by atoms with Gasteiger partial charge < -0.3 is 34.2 Å². The lowest BCUT2D eigenvalue weighted by Gasteiger charge is -2.27. The molecule has 41 heavy (non-hydrogen) atoms. The van der Waals surface area contributed by atoms with E-state index in [1.807, 2.05) is 27.7 Å². The van der Waals surface area contributed by atoms with Gasteiger partial charge in [-0.3, -0.25) is 9.59 Å². The number of carbonyl (C=O) groups is 4. The Morgan fingerprint density at radius 2 is 1.37 bits per heavy atom. The fourth-order valence-corrected chi connectivity index (χ4v) is 3.65. The summed E-state index contributed by atoms with van der Waals surface area (Å²) in [6, 6.07) is 4.39. The summed E-state index contributed by atoms with van der Waals surface area (Å²) in [7, 11) is 1.21. The van der Waals surface area contributed by atoms with E-state index < -0.39 is 23.8 Å². The van der Waals surface area contributed by atoms with Crippen LogP contribution in [0.3, 0.4) is 0 Å². The summed E-state index contributed by atoms with van der Waals surface area (Å²) in [4.78, 5) is 49.5. The lowest BCUT2D eigenvalue weighted by molar-refractivity contribution is -0.153. The van der Waals surface area contributed by atoms with E-state index in [1.165, 1.54) is 19.2 Å². The Morgan fingerprint density at radius 3 is 1.88 bits per heavy atom. The number of methoxy groups -OCH3 is 1. The molecule has 1 aromatic carbocycles. The predicted molar refractivity (Wildman–Crippen MR) is 152 cm³/mol. The standard InChI is InChI=1S/C30H47NO10/c1-7-9-11-16-38-28(34)40-24-14-13-23(19-25(24)41-29(35)39-17-12-10-8-2)20-30(31,27(33)36-6)15-18-37-26(32)22(5)21(3)4/h13-14,19,21-22H,7-12,15-18,20,31H2,1-6H3/t22?,30-/m1/s1. The van der Waals surface area contributed by atoms with Gasteiger partial charge in [-0.15, -0.1) is 0 Å². The lowest BCUT2D eigenvalue weighted by atomic mass is 9.88. The summed E-state index contributed by atoms with van der Waals surface area (Å²) in [5.74, 6) is -1.50. The third-order valence-corrected chi connectivity index (χ3v) is 6.61. The van der Waals surface area contributed by atoms with Crippen LogP contribution in [0.4, 0.5) is 9.59 Å². The van der Waals surface area contributed by atoms with Gasteiger partial charge in [0.15, 0.2) is 11.5 Å². The van der Waals surface area contributed by atoms with Crippen molar-refractivity contribution >= 4 is 24.2 Å². The zero-order chi connectivity index (χ0) is 30.8. The highest BCUT2D eigenvalue weighted by Gasteiger charge is 2.36. The van der Waals surface area contributed by atoms with Gasteiger partial charge >= 0.3 is 24.2 Å². The first kappa shape index (κ1) is 35.7. The fourth-order valence-electron chi connectivity index (χ4n) is 3.65. The first-order valence-corrected chi connectivity index (χ1v) is 14.3. The molecule has 0 saturated heterocycles. The van der Waals surface area contributed by atoms with Gasteiger partial charge in [0.25, 0.3) is 0 Å². The number of benzene rings is 1. The lowest BCUT2D eigenvalue weighted by Crippen LogP contribution is -2.51. The van der Waals surface area contributed by atoms with E-state index >= 15 is 0 Å². The van der Waals surface area contributed by atoms with E-state index in [-0.39, 0.29) is 62.0 Å². The van der Waals surface area contributed by atoms with E-state index in [4.69, 9.17) is 34.2 Å². The van der Waals surface area contributed by atoms with Crippen LogP contribution >= 0.6 is 0 Å². The molecule has 0 aliphatic rings. The van der Waals surface area contributed by atoms with E-state index in [1.54, 1.807) is 13.0 Å². The molecule has 0 bridgehead atoms. The topological polar surface area (TPSA) is 150 Å². The van der Waals surface area contributed by atoms with Crippen LogP contribution in [0.1, 0.15) is 85.1 Å². The maximum absolute atomic E-state index is 12.7. The molecule has 0 amide bonds. The van der Waals surface area contributed by atoms with Crippen molar-refractivity contribution in [2.24, 2.45) is 17.6 Å². The summed E-state index contributed by atoms with van der Waals surface area (Å²) in [5.41, 5.74) is 5.36. The van der Waals surface area contributed by atoms with Gasteiger partial charge in [-0.25, -0.2) is 9.59 Å². The van der Waals surface area contributed by atoms with E-state index in [2.05, 4.69) is 0 Å². The molecule has 0 spiro atoms. The van der Waals surface area contributed by atoms with Crippen molar-refractivity contribution in [3.63, 3.8) is 0 Å². The van der Waals surface area contributed by atoms with Gasteiger partial charge in [0.1, 0.15) is 5.54 Å². The summed E-state index contributed by atoms with van der Waals surface area (Å²) < 4.78 is 31.1. The maximum atomic E-state index is 12.7. The van der Waals surface area contributed by atoms with Crippen LogP contribution in [-0.4, -0.2) is 56.7 Å². The van der Waals surface area contributed by atoms with Crippen LogP contribution in [0.2, 0.25) is 0 Å². The van der Waals surface area contributed by atoms with Crippen molar-refractivity contribution in [1.29, 1.82) is 0 Å². The van der Waals surface area contributed by atoms with Crippen LogP contribution in [0, 0.1) is 11.8 Å². The fraction of sp³-hybridized carbons (Fsp3) is 0.667. The second-order valence-electron chi connectivity index (χ2n) is 10.4. The molecule has 11 heteroatoms. The Morgan fingerprint density at radius 1 is 0.805 bits per heavy atom. The number of rotatable bonds is 18. The van der Waals surface area contributed by atoms with Crippen molar-refractivity contribution in [3.8, 4) is 11.5 Å². The predicted octanol–water partition coefficient (Wildman–Crippen LogP) is 5.74. The average molecular weight is 582 g/mol. The summed E-state index contributed by atoms with van der Waals surface area (Å²) in [6.45, 7) is 9.91. The van der Waals surface area contributed by atoms with Gasteiger partial charge in [-0.1, -0.05) is 66.4 Å². The molecule has 1 unspecified atom stereocenters. The zero-order valence-electron chi connectivity index (χ0n) is 25.3. The number of esters is 2. The first-order valence-electron chi connectivity index (χ1n) is 14.3. The minimum atomic E-state index is -1.56. The van der Waals surface area contributed by atoms with Crippen LogP contribution in [0.5, 0.6) is 11.5 Å². The molecule has 232 valence electrons. The highest BCUT2D eigenvalue weighted by Crippen LogP contribution is 2.31. The number of hydrogen-bond acceptors (Lipinski definition) is 11. The van der Waals surface area contributed by atoms with Crippen molar-refractivity contribution in [1.82, 2.24) is 0 Å². The number of nitrogens with two attached hydrogens (primary N) is 1. The molecule has 0 aliphatic carbocycles. The van der Waals surface area contributed by atoms with Gasteiger partial charge in [0.05, 0.1) is 32.8 Å². The van der Waals surface area contributed by atoms with E-state index in [0.29, 0.717) is 18.4 Å². The highest BCUT2D eigenvalue weighted by molar-refractivity contribution is 5.81. The first-order chi connectivity index (χ1) is 19.5. The summed E-state index contributed by atoms with van der Waals surface area (Å²) in [5, 5.41) is 0. The summed E-state index contributed by atoms with van der Waals surface area (Å²) >= 11 is 0. The smallest absolute Gasteiger partial charge is 0.468 e. The Kier molecular flexibility index (Phi) is 16.5. The SMILES string of the molecule is CCCCCOC(=O)Oc1ccc(C[C@](N)(CCOC(=O)C(C)C(C)C)C(=O)OC)cc1OC(=O)OCCCCC. The van der Waals surface area contributed by atoms with Crippen LogP contribution in [0.25, 0.3) is 0 Å². The average Bonchev–Trinajstić information content (AvgIpc) is 2.93. The largest absolute Gasteiger partial charge is 0.513 e. The van der Waals surface area contributed by atoms with E-state index in [0.717, 1.165) is 25.7 Å². The number of hydrogen-bond donors (Lipinski definition) is 1. The van der Waals surface area contributed by atoms with Crippen LogP contribution < -0.4 is 15.2 Å². The molecule has 1 aromatic rings. The highest BCUT2D eigenvalue weighted by atomic mass is 16.7. The normalized spacial score (nSPS) is 13.1.